The summed E-state index contributed by atoms with van der Waals surface area (Å²) in [4.78, 5) is 24.7. The Morgan fingerprint density at radius 1 is 1.26 bits per heavy atom. The molecule has 6 heteroatoms. The lowest BCUT2D eigenvalue weighted by Crippen LogP contribution is -2.41. The monoisotopic (exact) mass is 287 g/mol. The van der Waals surface area contributed by atoms with E-state index in [1.54, 1.807) is 0 Å². The zero-order chi connectivity index (χ0) is 14.0. The highest BCUT2D eigenvalue weighted by molar-refractivity contribution is 6.64. The van der Waals surface area contributed by atoms with E-state index in [9.17, 15) is 18.4 Å². The van der Waals surface area contributed by atoms with E-state index >= 15 is 0 Å². The Hall–Kier alpha value is -1.49. The van der Waals surface area contributed by atoms with Crippen molar-refractivity contribution in [2.45, 2.75) is 12.8 Å². The molecule has 1 amide bonds. The Morgan fingerprint density at radius 2 is 2.00 bits per heavy atom. The molecule has 1 saturated heterocycles. The largest absolute Gasteiger partial charge is 0.338 e. The van der Waals surface area contributed by atoms with Crippen LogP contribution < -0.4 is 0 Å². The van der Waals surface area contributed by atoms with Gasteiger partial charge in [-0.15, -0.1) is 0 Å². The van der Waals surface area contributed by atoms with Crippen molar-refractivity contribution in [3.8, 4) is 0 Å². The van der Waals surface area contributed by atoms with Crippen molar-refractivity contribution >= 4 is 22.8 Å². The van der Waals surface area contributed by atoms with Crippen molar-refractivity contribution in [2.24, 2.45) is 5.92 Å². The van der Waals surface area contributed by atoms with Crippen LogP contribution in [0.25, 0.3) is 0 Å². The Labute approximate surface area is 114 Å². The third-order valence-corrected chi connectivity index (χ3v) is 3.50. The Bertz CT molecular complexity index is 521. The maximum atomic E-state index is 13.1. The standard InChI is InChI=1S/C13H12ClF2NO2/c14-12(18)9-2-1-5-17(7-9)13(19)8-3-4-10(15)11(16)6-8/h3-4,6,9H,1-2,5,7H2. The first kappa shape index (κ1) is 13.9. The lowest BCUT2D eigenvalue weighted by molar-refractivity contribution is -0.116. The third kappa shape index (κ3) is 3.10. The number of likely N-dealkylation sites (tertiary alicyclic amines) is 1. The van der Waals surface area contributed by atoms with Crippen molar-refractivity contribution in [1.29, 1.82) is 0 Å². The van der Waals surface area contributed by atoms with Crippen LogP contribution in [0, 0.1) is 17.6 Å². The first-order chi connectivity index (χ1) is 8.99. The summed E-state index contributed by atoms with van der Waals surface area (Å²) in [5.41, 5.74) is 0.0709. The van der Waals surface area contributed by atoms with Gasteiger partial charge in [-0.3, -0.25) is 9.59 Å². The summed E-state index contributed by atoms with van der Waals surface area (Å²) < 4.78 is 25.9. The number of carbonyl (C=O) groups is 2. The van der Waals surface area contributed by atoms with Gasteiger partial charge < -0.3 is 4.90 Å². The summed E-state index contributed by atoms with van der Waals surface area (Å²) in [6.45, 7) is 0.707. The molecule has 0 N–H and O–H groups in total. The second kappa shape index (κ2) is 5.65. The lowest BCUT2D eigenvalue weighted by atomic mass is 9.98. The highest BCUT2D eigenvalue weighted by Crippen LogP contribution is 2.21. The fourth-order valence-corrected chi connectivity index (χ4v) is 2.34. The molecule has 2 rings (SSSR count). The molecule has 1 unspecified atom stereocenters. The maximum absolute atomic E-state index is 13.1. The van der Waals surface area contributed by atoms with E-state index < -0.39 is 22.8 Å². The van der Waals surface area contributed by atoms with Crippen LogP contribution in [0.4, 0.5) is 8.78 Å². The van der Waals surface area contributed by atoms with Crippen LogP contribution >= 0.6 is 11.6 Å². The van der Waals surface area contributed by atoms with E-state index in [0.29, 0.717) is 19.4 Å². The van der Waals surface area contributed by atoms with Gasteiger partial charge in [0.25, 0.3) is 5.91 Å². The van der Waals surface area contributed by atoms with E-state index in [-0.39, 0.29) is 18.0 Å². The second-order valence-corrected chi connectivity index (χ2v) is 4.90. The van der Waals surface area contributed by atoms with Gasteiger partial charge in [0.05, 0.1) is 5.92 Å². The minimum atomic E-state index is -1.06. The lowest BCUT2D eigenvalue weighted by Gasteiger charge is -2.31. The van der Waals surface area contributed by atoms with Crippen molar-refractivity contribution in [3.63, 3.8) is 0 Å². The molecule has 0 aromatic heterocycles. The quantitative estimate of drug-likeness (QED) is 0.784. The number of nitrogens with zero attached hydrogens (tertiary/aromatic N) is 1. The molecule has 0 radical (unpaired) electrons. The van der Waals surface area contributed by atoms with Gasteiger partial charge in [-0.1, -0.05) is 0 Å². The molecule has 1 aliphatic heterocycles. The molecule has 0 spiro atoms. The molecule has 0 aliphatic carbocycles. The van der Waals surface area contributed by atoms with Gasteiger partial charge in [-0.2, -0.15) is 0 Å². The predicted octanol–water partition coefficient (Wildman–Crippen LogP) is 2.58. The SMILES string of the molecule is O=C(Cl)C1CCCN(C(=O)c2ccc(F)c(F)c2)C1. The number of amides is 1. The summed E-state index contributed by atoms with van der Waals surface area (Å²) >= 11 is 5.43. The van der Waals surface area contributed by atoms with Crippen molar-refractivity contribution < 1.29 is 18.4 Å². The maximum Gasteiger partial charge on any atom is 0.253 e. The minimum absolute atomic E-state index is 0.0709. The van der Waals surface area contributed by atoms with Gasteiger partial charge >= 0.3 is 0 Å². The van der Waals surface area contributed by atoms with E-state index in [1.807, 2.05) is 0 Å². The summed E-state index contributed by atoms with van der Waals surface area (Å²) in [5.74, 6) is -2.86. The molecule has 1 fully saturated rings. The number of benzene rings is 1. The molecule has 3 nitrogen and oxygen atoms in total. The van der Waals surface area contributed by atoms with Gasteiger partial charge in [0.1, 0.15) is 0 Å². The molecular formula is C13H12ClF2NO2. The second-order valence-electron chi connectivity index (χ2n) is 4.52. The summed E-state index contributed by atoms with van der Waals surface area (Å²) in [6, 6.07) is 3.01. The molecule has 19 heavy (non-hydrogen) atoms. The van der Waals surface area contributed by atoms with Crippen molar-refractivity contribution in [2.75, 3.05) is 13.1 Å². The fraction of sp³-hybridized carbons (Fsp3) is 0.385. The van der Waals surface area contributed by atoms with Crippen LogP contribution in [-0.2, 0) is 4.79 Å². The smallest absolute Gasteiger partial charge is 0.253 e. The summed E-state index contributed by atoms with van der Waals surface area (Å²) in [5, 5.41) is -0.470. The normalized spacial score (nSPS) is 19.3. The zero-order valence-corrected chi connectivity index (χ0v) is 10.8. The van der Waals surface area contributed by atoms with E-state index in [0.717, 1.165) is 12.1 Å². The zero-order valence-electron chi connectivity index (χ0n) is 10.0. The number of hydrogen-bond acceptors (Lipinski definition) is 2. The van der Waals surface area contributed by atoms with E-state index in [4.69, 9.17) is 11.6 Å². The predicted molar refractivity (Wildman–Crippen MR) is 65.8 cm³/mol. The summed E-state index contributed by atoms with van der Waals surface area (Å²) in [7, 11) is 0. The first-order valence-corrected chi connectivity index (χ1v) is 6.30. The molecule has 102 valence electrons. The number of carbonyl (C=O) groups excluding carboxylic acids is 2. The Balaban J connectivity index is 2.14. The number of hydrogen-bond donors (Lipinski definition) is 0. The number of piperidine rings is 1. The van der Waals surface area contributed by atoms with Crippen LogP contribution in [0.2, 0.25) is 0 Å². The van der Waals surface area contributed by atoms with Gasteiger partial charge in [0, 0.05) is 18.7 Å². The molecule has 0 bridgehead atoms. The molecule has 1 heterocycles. The average molecular weight is 288 g/mol. The van der Waals surface area contributed by atoms with Gasteiger partial charge in [0.2, 0.25) is 5.24 Å². The average Bonchev–Trinajstić information content (AvgIpc) is 2.41. The van der Waals surface area contributed by atoms with Crippen LogP contribution in [0.3, 0.4) is 0 Å². The van der Waals surface area contributed by atoms with Gasteiger partial charge in [0.15, 0.2) is 11.6 Å². The molecule has 0 saturated carbocycles. The molecule has 1 aromatic carbocycles. The van der Waals surface area contributed by atoms with E-state index in [1.165, 1.54) is 11.0 Å². The Morgan fingerprint density at radius 3 is 2.63 bits per heavy atom. The van der Waals surface area contributed by atoms with Crippen LogP contribution in [0.15, 0.2) is 18.2 Å². The molecule has 1 aliphatic rings. The topological polar surface area (TPSA) is 37.4 Å². The molecule has 1 aromatic rings. The van der Waals surface area contributed by atoms with Crippen molar-refractivity contribution in [1.82, 2.24) is 4.90 Å². The van der Waals surface area contributed by atoms with Crippen LogP contribution in [0.5, 0.6) is 0 Å². The Kier molecular flexibility index (Phi) is 4.14. The number of halogens is 3. The van der Waals surface area contributed by atoms with Gasteiger partial charge in [-0.05, 0) is 42.6 Å². The highest BCUT2D eigenvalue weighted by atomic mass is 35.5. The summed E-state index contributed by atoms with van der Waals surface area (Å²) in [6.07, 6.45) is 1.31. The van der Waals surface area contributed by atoms with E-state index in [2.05, 4.69) is 0 Å². The molecule has 1 atom stereocenters. The van der Waals surface area contributed by atoms with Crippen LogP contribution in [0.1, 0.15) is 23.2 Å². The molecular weight excluding hydrogens is 276 g/mol. The fourth-order valence-electron chi connectivity index (χ4n) is 2.16. The third-order valence-electron chi connectivity index (χ3n) is 3.20. The van der Waals surface area contributed by atoms with Crippen molar-refractivity contribution in [3.05, 3.63) is 35.4 Å². The first-order valence-electron chi connectivity index (χ1n) is 5.92. The number of rotatable bonds is 2. The van der Waals surface area contributed by atoms with Gasteiger partial charge in [-0.25, -0.2) is 8.78 Å². The van der Waals surface area contributed by atoms with Crippen LogP contribution in [-0.4, -0.2) is 29.1 Å². The minimum Gasteiger partial charge on any atom is -0.338 e. The highest BCUT2D eigenvalue weighted by Gasteiger charge is 2.28.